The average Bonchev–Trinajstić information content (AvgIpc) is 2.26. The number of carboxylic acids is 1. The van der Waals surface area contributed by atoms with Crippen molar-refractivity contribution >= 4 is 5.97 Å². The monoisotopic (exact) mass is 293 g/mol. The maximum atomic E-state index is 12.4. The molecule has 0 rings (SSSR count). The Morgan fingerprint density at radius 2 is 1.79 bits per heavy atom. The molecular weight excluding hydrogens is 277 g/mol. The molecule has 0 saturated heterocycles. The van der Waals surface area contributed by atoms with Crippen LogP contribution in [0.25, 0.3) is 0 Å². The van der Waals surface area contributed by atoms with Crippen molar-refractivity contribution in [2.45, 2.75) is 43.8 Å². The third kappa shape index (κ3) is 5.27. The van der Waals surface area contributed by atoms with Gasteiger partial charge in [-0.25, -0.2) is 0 Å². The van der Waals surface area contributed by atoms with Gasteiger partial charge in [-0.1, -0.05) is 6.92 Å². The topological polar surface area (TPSA) is 72.5 Å². The highest BCUT2D eigenvalue weighted by atomic mass is 19.4. The molecule has 0 spiro atoms. The van der Waals surface area contributed by atoms with E-state index in [0.717, 1.165) is 0 Å². The van der Waals surface area contributed by atoms with Crippen LogP contribution in [0.5, 0.6) is 0 Å². The van der Waals surface area contributed by atoms with Gasteiger partial charge in [0.25, 0.3) is 0 Å². The van der Waals surface area contributed by atoms with Crippen LogP contribution in [0.2, 0.25) is 0 Å². The fourth-order valence-electron chi connectivity index (χ4n) is 1.21. The van der Waals surface area contributed by atoms with E-state index in [9.17, 15) is 26.7 Å². The van der Waals surface area contributed by atoms with E-state index in [1.165, 1.54) is 6.92 Å². The first-order valence-corrected chi connectivity index (χ1v) is 5.51. The Bertz CT molecular complexity index is 308. The lowest BCUT2D eigenvalue weighted by molar-refractivity contribution is -0.296. The zero-order valence-corrected chi connectivity index (χ0v) is 10.3. The first-order valence-electron chi connectivity index (χ1n) is 5.51. The second-order valence-corrected chi connectivity index (χ2v) is 4.17. The third-order valence-corrected chi connectivity index (χ3v) is 2.67. The van der Waals surface area contributed by atoms with Crippen molar-refractivity contribution < 1.29 is 36.6 Å². The van der Waals surface area contributed by atoms with E-state index in [4.69, 9.17) is 10.8 Å². The van der Waals surface area contributed by atoms with Crippen LogP contribution in [-0.2, 0) is 9.53 Å². The van der Waals surface area contributed by atoms with Crippen LogP contribution in [0, 0.1) is 0 Å². The van der Waals surface area contributed by atoms with Crippen molar-refractivity contribution in [1.82, 2.24) is 0 Å². The summed E-state index contributed by atoms with van der Waals surface area (Å²) in [6, 6.07) is 0. The van der Waals surface area contributed by atoms with E-state index in [1.54, 1.807) is 0 Å². The van der Waals surface area contributed by atoms with Gasteiger partial charge in [-0.2, -0.15) is 22.0 Å². The van der Waals surface area contributed by atoms with Gasteiger partial charge in [0.15, 0.2) is 0 Å². The van der Waals surface area contributed by atoms with Crippen LogP contribution in [0.1, 0.15) is 26.2 Å². The number of hydrogen-bond acceptors (Lipinski definition) is 3. The third-order valence-electron chi connectivity index (χ3n) is 2.67. The lowest BCUT2D eigenvalue weighted by atomic mass is 9.92. The molecule has 0 aromatic carbocycles. The Kier molecular flexibility index (Phi) is 6.14. The van der Waals surface area contributed by atoms with E-state index in [0.29, 0.717) is 0 Å². The van der Waals surface area contributed by atoms with Gasteiger partial charge in [0.1, 0.15) is 12.1 Å². The number of carboxylic acid groups (broad SMARTS) is 1. The molecule has 1 unspecified atom stereocenters. The van der Waals surface area contributed by atoms with Crippen LogP contribution >= 0.6 is 0 Å². The molecule has 0 aliphatic carbocycles. The number of hydrogen-bond donors (Lipinski definition) is 2. The Morgan fingerprint density at radius 1 is 1.26 bits per heavy atom. The van der Waals surface area contributed by atoms with Gasteiger partial charge in [-0.15, -0.1) is 0 Å². The summed E-state index contributed by atoms with van der Waals surface area (Å²) in [7, 11) is 0. The summed E-state index contributed by atoms with van der Waals surface area (Å²) in [5.41, 5.74) is 3.98. The quantitative estimate of drug-likeness (QED) is 0.531. The van der Waals surface area contributed by atoms with Gasteiger partial charge in [-0.05, 0) is 19.3 Å². The Hall–Kier alpha value is -0.960. The van der Waals surface area contributed by atoms with Crippen molar-refractivity contribution in [2.24, 2.45) is 5.73 Å². The van der Waals surface area contributed by atoms with Crippen LogP contribution in [-0.4, -0.2) is 41.9 Å². The molecule has 0 saturated carbocycles. The number of halogens is 5. The van der Waals surface area contributed by atoms with Crippen molar-refractivity contribution in [2.75, 3.05) is 13.2 Å². The van der Waals surface area contributed by atoms with E-state index in [2.05, 4.69) is 4.74 Å². The molecule has 0 fully saturated rings. The predicted molar refractivity (Wildman–Crippen MR) is 55.9 cm³/mol. The van der Waals surface area contributed by atoms with Gasteiger partial charge in [0.2, 0.25) is 0 Å². The summed E-state index contributed by atoms with van der Waals surface area (Å²) in [4.78, 5) is 10.8. The molecule has 0 aliphatic rings. The van der Waals surface area contributed by atoms with Crippen LogP contribution in [0.4, 0.5) is 22.0 Å². The molecule has 4 nitrogen and oxygen atoms in total. The highest BCUT2D eigenvalue weighted by molar-refractivity contribution is 5.78. The molecule has 0 bridgehead atoms. The molecule has 0 radical (unpaired) electrons. The predicted octanol–water partition coefficient (Wildman–Crippen LogP) is 2.17. The molecule has 0 aromatic heterocycles. The lowest BCUT2D eigenvalue weighted by Crippen LogP contribution is -2.47. The van der Waals surface area contributed by atoms with Crippen LogP contribution < -0.4 is 5.73 Å². The lowest BCUT2D eigenvalue weighted by Gasteiger charge is -2.23. The van der Waals surface area contributed by atoms with E-state index in [1.807, 2.05) is 0 Å². The molecule has 1 atom stereocenters. The minimum absolute atomic E-state index is 0.0232. The minimum atomic E-state index is -5.66. The Morgan fingerprint density at radius 3 is 2.16 bits per heavy atom. The van der Waals surface area contributed by atoms with E-state index in [-0.39, 0.29) is 19.3 Å². The number of nitrogens with two attached hydrogens (primary N) is 1. The van der Waals surface area contributed by atoms with Crippen LogP contribution in [0.15, 0.2) is 0 Å². The average molecular weight is 293 g/mol. The largest absolute Gasteiger partial charge is 0.480 e. The maximum absolute atomic E-state index is 12.4. The van der Waals surface area contributed by atoms with Gasteiger partial charge in [0.05, 0.1) is 0 Å². The highest BCUT2D eigenvalue weighted by Gasteiger charge is 2.57. The number of ether oxygens (including phenoxy) is 1. The van der Waals surface area contributed by atoms with Crippen LogP contribution in [0.3, 0.4) is 0 Å². The number of alkyl halides is 5. The molecule has 0 aliphatic heterocycles. The van der Waals surface area contributed by atoms with Crippen molar-refractivity contribution in [3.63, 3.8) is 0 Å². The fourth-order valence-corrected chi connectivity index (χ4v) is 1.21. The molecule has 114 valence electrons. The number of rotatable bonds is 8. The zero-order chi connectivity index (χ0) is 15.3. The fraction of sp³-hybridized carbons (Fsp3) is 0.900. The molecule has 3 N–H and O–H groups in total. The normalized spacial score (nSPS) is 16.2. The standard InChI is InChI=1S/C10H16F5NO3/c1-2-8(16,7(17)18)4-3-5-19-6-9(11,12)10(13,14)15/h2-6,16H2,1H3,(H,17,18). The molecule has 0 amide bonds. The second kappa shape index (κ2) is 6.47. The SMILES string of the molecule is CCC(N)(CCCOCC(F)(F)C(F)(F)F)C(=O)O. The Labute approximate surface area is 106 Å². The van der Waals surface area contributed by atoms with Crippen molar-refractivity contribution in [3.05, 3.63) is 0 Å². The van der Waals surface area contributed by atoms with Gasteiger partial charge in [0, 0.05) is 6.61 Å². The number of carbonyl (C=O) groups is 1. The van der Waals surface area contributed by atoms with Gasteiger partial charge in [-0.3, -0.25) is 4.79 Å². The highest BCUT2D eigenvalue weighted by Crippen LogP contribution is 2.35. The molecular formula is C10H16F5NO3. The smallest absolute Gasteiger partial charge is 0.455 e. The van der Waals surface area contributed by atoms with Crippen molar-refractivity contribution in [3.8, 4) is 0 Å². The van der Waals surface area contributed by atoms with Gasteiger partial charge >= 0.3 is 18.1 Å². The molecule has 9 heteroatoms. The summed E-state index contributed by atoms with van der Waals surface area (Å²) in [5, 5.41) is 8.79. The van der Waals surface area contributed by atoms with E-state index < -0.39 is 36.8 Å². The van der Waals surface area contributed by atoms with Gasteiger partial charge < -0.3 is 15.6 Å². The minimum Gasteiger partial charge on any atom is -0.480 e. The maximum Gasteiger partial charge on any atom is 0.455 e. The first kappa shape index (κ1) is 18.0. The summed E-state index contributed by atoms with van der Waals surface area (Å²) >= 11 is 0. The summed E-state index contributed by atoms with van der Waals surface area (Å²) in [6.07, 6.45) is -5.64. The van der Waals surface area contributed by atoms with E-state index >= 15 is 0 Å². The summed E-state index contributed by atoms with van der Waals surface area (Å²) < 4.78 is 64.4. The second-order valence-electron chi connectivity index (χ2n) is 4.17. The number of aliphatic carboxylic acids is 1. The summed E-state index contributed by atoms with van der Waals surface area (Å²) in [5.74, 6) is -6.17. The zero-order valence-electron chi connectivity index (χ0n) is 10.3. The van der Waals surface area contributed by atoms with Crippen molar-refractivity contribution in [1.29, 1.82) is 0 Å². The first-order chi connectivity index (χ1) is 8.46. The molecule has 0 aromatic rings. The molecule has 0 heterocycles. The summed E-state index contributed by atoms with van der Waals surface area (Å²) in [6.45, 7) is -0.669. The molecule has 19 heavy (non-hydrogen) atoms. The Balaban J connectivity index is 4.04.